The lowest BCUT2D eigenvalue weighted by Gasteiger charge is -2.12. The maximum atomic E-state index is 13.4. The average Bonchev–Trinajstić information content (AvgIpc) is 3.55. The summed E-state index contributed by atoms with van der Waals surface area (Å²) in [6.07, 6.45) is 1.61. The number of aromatic nitrogens is 1. The van der Waals surface area contributed by atoms with Gasteiger partial charge >= 0.3 is 0 Å². The number of fused-ring (bicyclic) bond motifs is 1. The molecule has 9 nitrogen and oxygen atoms in total. The van der Waals surface area contributed by atoms with Crippen LogP contribution in [0.3, 0.4) is 0 Å². The standard InChI is InChI=1S/C23H16FN3O6S/c24-15-3-1-2-14(10-15)16-11-19(33-26-16)21(28)25-6-7-27-22(29)20(34-23(27)30)9-13-4-5-17-18(8-13)32-12-31-17/h1-5,8-11H,6-7,12H2,(H,25,28)/b20-9-. The number of carbonyl (C=O) groups excluding carboxylic acids is 3. The van der Waals surface area contributed by atoms with Crippen LogP contribution in [-0.4, -0.2) is 47.0 Å². The first kappa shape index (κ1) is 21.7. The predicted molar refractivity (Wildman–Crippen MR) is 119 cm³/mol. The van der Waals surface area contributed by atoms with Gasteiger partial charge < -0.3 is 19.3 Å². The molecule has 0 saturated carbocycles. The Morgan fingerprint density at radius 3 is 2.85 bits per heavy atom. The van der Waals surface area contributed by atoms with E-state index in [1.165, 1.54) is 24.3 Å². The van der Waals surface area contributed by atoms with Crippen molar-refractivity contribution < 1.29 is 32.8 Å². The SMILES string of the molecule is O=C(NCCN1C(=O)S/C(=C\c2ccc3c(c2)OCO3)C1=O)c1cc(-c2cccc(F)c2)no1. The zero-order valence-electron chi connectivity index (χ0n) is 17.4. The molecule has 0 atom stereocenters. The zero-order chi connectivity index (χ0) is 23.7. The Hall–Kier alpha value is -4.12. The Balaban J connectivity index is 1.18. The van der Waals surface area contributed by atoms with Crippen molar-refractivity contribution in [2.24, 2.45) is 0 Å². The van der Waals surface area contributed by atoms with Crippen molar-refractivity contribution in [1.82, 2.24) is 15.4 Å². The summed E-state index contributed by atoms with van der Waals surface area (Å²) in [4.78, 5) is 38.7. The van der Waals surface area contributed by atoms with Crippen LogP contribution in [0.25, 0.3) is 17.3 Å². The molecule has 11 heteroatoms. The first-order valence-corrected chi connectivity index (χ1v) is 11.0. The topological polar surface area (TPSA) is 111 Å². The van der Waals surface area contributed by atoms with Crippen molar-refractivity contribution in [3.05, 3.63) is 70.6 Å². The van der Waals surface area contributed by atoms with E-state index in [2.05, 4.69) is 10.5 Å². The van der Waals surface area contributed by atoms with Crippen LogP contribution in [0.4, 0.5) is 9.18 Å². The third kappa shape index (κ3) is 4.37. The molecule has 1 saturated heterocycles. The van der Waals surface area contributed by atoms with E-state index in [0.29, 0.717) is 28.3 Å². The second-order valence-electron chi connectivity index (χ2n) is 7.29. The molecule has 0 unspecified atom stereocenters. The van der Waals surface area contributed by atoms with E-state index >= 15 is 0 Å². The quantitative estimate of drug-likeness (QED) is 0.531. The van der Waals surface area contributed by atoms with E-state index in [-0.39, 0.29) is 30.5 Å². The number of benzene rings is 2. The van der Waals surface area contributed by atoms with Gasteiger partial charge in [-0.3, -0.25) is 19.3 Å². The van der Waals surface area contributed by atoms with Crippen molar-refractivity contribution in [3.63, 3.8) is 0 Å². The van der Waals surface area contributed by atoms with E-state index in [0.717, 1.165) is 16.7 Å². The van der Waals surface area contributed by atoms with E-state index in [9.17, 15) is 18.8 Å². The first-order chi connectivity index (χ1) is 16.5. The zero-order valence-corrected chi connectivity index (χ0v) is 18.3. The van der Waals surface area contributed by atoms with Crippen LogP contribution in [0.5, 0.6) is 11.5 Å². The normalized spacial score (nSPS) is 15.9. The van der Waals surface area contributed by atoms with E-state index in [4.69, 9.17) is 14.0 Å². The number of thioether (sulfide) groups is 1. The first-order valence-electron chi connectivity index (χ1n) is 10.1. The third-order valence-corrected chi connectivity index (χ3v) is 5.95. The molecule has 3 heterocycles. The van der Waals surface area contributed by atoms with Crippen LogP contribution in [-0.2, 0) is 4.79 Å². The van der Waals surface area contributed by atoms with Crippen LogP contribution < -0.4 is 14.8 Å². The van der Waals surface area contributed by atoms with Gasteiger partial charge in [0.25, 0.3) is 17.1 Å². The van der Waals surface area contributed by atoms with Crippen molar-refractivity contribution >= 4 is 34.9 Å². The predicted octanol–water partition coefficient (Wildman–Crippen LogP) is 3.68. The number of amides is 3. The van der Waals surface area contributed by atoms with Gasteiger partial charge in [0.1, 0.15) is 11.5 Å². The molecule has 0 spiro atoms. The monoisotopic (exact) mass is 481 g/mol. The molecule has 2 aliphatic heterocycles. The lowest BCUT2D eigenvalue weighted by Crippen LogP contribution is -2.37. The van der Waals surface area contributed by atoms with E-state index in [1.807, 2.05) is 0 Å². The summed E-state index contributed by atoms with van der Waals surface area (Å²) < 4.78 is 29.0. The Kier molecular flexibility index (Phi) is 5.76. The number of hydrogen-bond acceptors (Lipinski definition) is 8. The van der Waals surface area contributed by atoms with Crippen molar-refractivity contribution in [3.8, 4) is 22.8 Å². The maximum Gasteiger partial charge on any atom is 0.293 e. The Morgan fingerprint density at radius 1 is 1.15 bits per heavy atom. The number of rotatable bonds is 6. The molecule has 172 valence electrons. The molecular formula is C23H16FN3O6S. The van der Waals surface area contributed by atoms with Gasteiger partial charge in [-0.15, -0.1) is 0 Å². The Bertz CT molecular complexity index is 1340. The largest absolute Gasteiger partial charge is 0.454 e. The second-order valence-corrected chi connectivity index (χ2v) is 8.28. The molecule has 2 aliphatic rings. The van der Waals surface area contributed by atoms with Gasteiger partial charge in [0, 0.05) is 24.7 Å². The number of imide groups is 1. The number of halogens is 1. The van der Waals surface area contributed by atoms with Gasteiger partial charge in [-0.2, -0.15) is 0 Å². The van der Waals surface area contributed by atoms with Crippen LogP contribution in [0.1, 0.15) is 16.1 Å². The molecule has 0 radical (unpaired) electrons. The summed E-state index contributed by atoms with van der Waals surface area (Å²) in [5, 5.41) is 5.93. The van der Waals surface area contributed by atoms with Crippen LogP contribution in [0, 0.1) is 5.82 Å². The number of ether oxygens (including phenoxy) is 2. The summed E-state index contributed by atoms with van der Waals surface area (Å²) in [7, 11) is 0. The lowest BCUT2D eigenvalue weighted by atomic mass is 10.1. The fraction of sp³-hybridized carbons (Fsp3) is 0.130. The summed E-state index contributed by atoms with van der Waals surface area (Å²) in [6, 6.07) is 12.3. The van der Waals surface area contributed by atoms with Gasteiger partial charge in [-0.25, -0.2) is 4.39 Å². The van der Waals surface area contributed by atoms with Gasteiger partial charge in [-0.1, -0.05) is 23.4 Å². The summed E-state index contributed by atoms with van der Waals surface area (Å²) >= 11 is 0.822. The van der Waals surface area contributed by atoms with Crippen molar-refractivity contribution in [1.29, 1.82) is 0 Å². The van der Waals surface area contributed by atoms with Gasteiger partial charge in [0.05, 0.1) is 4.91 Å². The van der Waals surface area contributed by atoms with Gasteiger partial charge in [-0.05, 0) is 47.7 Å². The fourth-order valence-corrected chi connectivity index (χ4v) is 4.25. The molecule has 1 fully saturated rings. The molecule has 2 aromatic carbocycles. The smallest absolute Gasteiger partial charge is 0.293 e. The highest BCUT2D eigenvalue weighted by atomic mass is 32.2. The van der Waals surface area contributed by atoms with Crippen molar-refractivity contribution in [2.75, 3.05) is 19.9 Å². The highest BCUT2D eigenvalue weighted by Crippen LogP contribution is 2.36. The molecule has 3 amide bonds. The minimum atomic E-state index is -0.571. The number of nitrogens with zero attached hydrogens (tertiary/aromatic N) is 2. The highest BCUT2D eigenvalue weighted by Gasteiger charge is 2.34. The maximum absolute atomic E-state index is 13.4. The summed E-state index contributed by atoms with van der Waals surface area (Å²) in [5.74, 6) is -0.333. The van der Waals surface area contributed by atoms with Crippen LogP contribution in [0.15, 0.2) is 58.0 Å². The second kappa shape index (κ2) is 9.02. The molecule has 34 heavy (non-hydrogen) atoms. The van der Waals surface area contributed by atoms with E-state index < -0.39 is 22.9 Å². The molecule has 1 aromatic heterocycles. The number of hydrogen-bond donors (Lipinski definition) is 1. The molecule has 1 N–H and O–H groups in total. The molecule has 5 rings (SSSR count). The Labute approximate surface area is 196 Å². The molecule has 0 bridgehead atoms. The fourth-order valence-electron chi connectivity index (χ4n) is 3.38. The lowest BCUT2D eigenvalue weighted by molar-refractivity contribution is -0.122. The highest BCUT2D eigenvalue weighted by molar-refractivity contribution is 8.18. The molecular weight excluding hydrogens is 465 g/mol. The summed E-state index contributed by atoms with van der Waals surface area (Å²) in [6.45, 7) is 0.144. The number of carbonyl (C=O) groups is 3. The van der Waals surface area contributed by atoms with Gasteiger partial charge in [0.2, 0.25) is 12.6 Å². The minimum Gasteiger partial charge on any atom is -0.454 e. The minimum absolute atomic E-state index is 0.0141. The Morgan fingerprint density at radius 2 is 2.00 bits per heavy atom. The van der Waals surface area contributed by atoms with Gasteiger partial charge in [0.15, 0.2) is 11.5 Å². The van der Waals surface area contributed by atoms with E-state index in [1.54, 1.807) is 30.3 Å². The van der Waals surface area contributed by atoms with Crippen molar-refractivity contribution in [2.45, 2.75) is 0 Å². The molecule has 0 aliphatic carbocycles. The average molecular weight is 481 g/mol. The molecule has 3 aromatic rings. The summed E-state index contributed by atoms with van der Waals surface area (Å²) in [5.41, 5.74) is 1.47. The number of nitrogens with one attached hydrogen (secondary N) is 1. The van der Waals surface area contributed by atoms with Crippen LogP contribution >= 0.6 is 11.8 Å². The van der Waals surface area contributed by atoms with Crippen LogP contribution in [0.2, 0.25) is 0 Å². The third-order valence-electron chi connectivity index (χ3n) is 5.04.